The minimum Gasteiger partial charge on any atom is -0.545 e. The first kappa shape index (κ1) is 15.6. The van der Waals surface area contributed by atoms with E-state index < -0.39 is 16.0 Å². The van der Waals surface area contributed by atoms with Crippen molar-refractivity contribution >= 4 is 44.9 Å². The zero-order valence-electron chi connectivity index (χ0n) is 10.3. The molecular weight excluding hydrogens is 337 g/mol. The number of anilines is 1. The fourth-order valence-corrected chi connectivity index (χ4v) is 3.01. The summed E-state index contributed by atoms with van der Waals surface area (Å²) in [6.07, 6.45) is 0. The van der Waals surface area contributed by atoms with Gasteiger partial charge >= 0.3 is 0 Å². The third-order valence-electron chi connectivity index (χ3n) is 2.57. The van der Waals surface area contributed by atoms with Crippen LogP contribution in [0.15, 0.2) is 47.4 Å². The molecule has 110 valence electrons. The number of sulfonamides is 1. The van der Waals surface area contributed by atoms with Crippen LogP contribution < -0.4 is 9.83 Å². The summed E-state index contributed by atoms with van der Waals surface area (Å²) in [6.45, 7) is 0. The van der Waals surface area contributed by atoms with Gasteiger partial charge < -0.3 is 9.90 Å². The number of carboxylic acid groups (broad SMARTS) is 1. The third-order valence-corrected chi connectivity index (χ3v) is 4.52. The van der Waals surface area contributed by atoms with Gasteiger partial charge in [0.15, 0.2) is 0 Å². The minimum atomic E-state index is -3.90. The van der Waals surface area contributed by atoms with E-state index >= 15 is 0 Å². The Balaban J connectivity index is 2.34. The average molecular weight is 345 g/mol. The molecule has 2 aromatic carbocycles. The number of carbonyl (C=O) groups excluding carboxylic acids is 1. The van der Waals surface area contributed by atoms with Crippen LogP contribution in [0.4, 0.5) is 5.69 Å². The van der Waals surface area contributed by atoms with Gasteiger partial charge in [-0.25, -0.2) is 8.42 Å². The molecule has 0 amide bonds. The van der Waals surface area contributed by atoms with E-state index in [0.717, 1.165) is 24.3 Å². The lowest BCUT2D eigenvalue weighted by molar-refractivity contribution is -0.255. The molecule has 0 unspecified atom stereocenters. The van der Waals surface area contributed by atoms with Crippen LogP contribution in [0.1, 0.15) is 10.4 Å². The van der Waals surface area contributed by atoms with Gasteiger partial charge in [-0.05, 0) is 35.9 Å². The Morgan fingerprint density at radius 3 is 2.24 bits per heavy atom. The van der Waals surface area contributed by atoms with Crippen LogP contribution in [-0.4, -0.2) is 14.4 Å². The molecule has 0 saturated carbocycles. The molecule has 0 spiro atoms. The summed E-state index contributed by atoms with van der Waals surface area (Å²) in [7, 11) is -3.90. The average Bonchev–Trinajstić information content (AvgIpc) is 2.43. The summed E-state index contributed by atoms with van der Waals surface area (Å²) in [4.78, 5) is 10.5. The van der Waals surface area contributed by atoms with Crippen molar-refractivity contribution in [2.24, 2.45) is 0 Å². The molecule has 8 heteroatoms. The second-order valence-corrected chi connectivity index (χ2v) is 6.57. The zero-order valence-corrected chi connectivity index (χ0v) is 12.7. The van der Waals surface area contributed by atoms with Crippen LogP contribution >= 0.6 is 23.2 Å². The molecule has 21 heavy (non-hydrogen) atoms. The van der Waals surface area contributed by atoms with Crippen molar-refractivity contribution in [2.75, 3.05) is 4.72 Å². The highest BCUT2D eigenvalue weighted by atomic mass is 35.5. The van der Waals surface area contributed by atoms with E-state index in [-0.39, 0.29) is 21.2 Å². The number of carboxylic acids is 1. The van der Waals surface area contributed by atoms with Crippen LogP contribution in [0.25, 0.3) is 0 Å². The normalized spacial score (nSPS) is 11.1. The Morgan fingerprint density at radius 1 is 1.05 bits per heavy atom. The van der Waals surface area contributed by atoms with Gasteiger partial charge in [-0.2, -0.15) is 0 Å². The van der Waals surface area contributed by atoms with Crippen LogP contribution in [0.2, 0.25) is 10.0 Å². The van der Waals surface area contributed by atoms with Gasteiger partial charge in [-0.1, -0.05) is 35.3 Å². The fraction of sp³-hybridized carbons (Fsp3) is 0. The lowest BCUT2D eigenvalue weighted by Crippen LogP contribution is -2.22. The van der Waals surface area contributed by atoms with E-state index in [2.05, 4.69) is 4.72 Å². The molecule has 0 aliphatic rings. The van der Waals surface area contributed by atoms with Crippen molar-refractivity contribution in [3.8, 4) is 0 Å². The summed E-state index contributed by atoms with van der Waals surface area (Å²) < 4.78 is 26.6. The Morgan fingerprint density at radius 2 is 1.67 bits per heavy atom. The molecule has 0 aliphatic carbocycles. The van der Waals surface area contributed by atoms with E-state index in [9.17, 15) is 18.3 Å². The summed E-state index contributed by atoms with van der Waals surface area (Å²) >= 11 is 11.7. The van der Waals surface area contributed by atoms with Gasteiger partial charge in [0.25, 0.3) is 10.0 Å². The molecule has 0 aromatic heterocycles. The first-order chi connectivity index (χ1) is 9.79. The molecule has 0 radical (unpaired) electrons. The highest BCUT2D eigenvalue weighted by molar-refractivity contribution is 7.92. The summed E-state index contributed by atoms with van der Waals surface area (Å²) in [6, 6.07) is 8.96. The molecular formula is C13H8Cl2NO4S-. The summed E-state index contributed by atoms with van der Waals surface area (Å²) in [5.74, 6) is -1.38. The van der Waals surface area contributed by atoms with E-state index in [4.69, 9.17) is 23.2 Å². The molecule has 0 bridgehead atoms. The standard InChI is InChI=1S/C13H9Cl2NO4S/c14-9-3-6-11(15)12(7-9)16-21(19,20)10-4-1-8(2-5-10)13(17)18/h1-7,16H,(H,17,18)/p-1. The molecule has 2 aromatic rings. The lowest BCUT2D eigenvalue weighted by atomic mass is 10.2. The maximum absolute atomic E-state index is 12.2. The summed E-state index contributed by atoms with van der Waals surface area (Å²) in [5.41, 5.74) is 0.0166. The van der Waals surface area contributed by atoms with Gasteiger partial charge in [-0.3, -0.25) is 4.72 Å². The van der Waals surface area contributed by atoms with Crippen LogP contribution in [0.3, 0.4) is 0 Å². The molecule has 0 atom stereocenters. The van der Waals surface area contributed by atoms with E-state index in [1.807, 2.05) is 0 Å². The summed E-state index contributed by atoms with van der Waals surface area (Å²) in [5, 5.41) is 11.1. The SMILES string of the molecule is O=C([O-])c1ccc(S(=O)(=O)Nc2cc(Cl)ccc2Cl)cc1. The predicted octanol–water partition coefficient (Wildman–Crippen LogP) is 2.16. The molecule has 1 N–H and O–H groups in total. The van der Waals surface area contributed by atoms with Gasteiger partial charge in [0.1, 0.15) is 0 Å². The third kappa shape index (κ3) is 3.66. The number of aromatic carboxylic acids is 1. The van der Waals surface area contributed by atoms with Crippen LogP contribution in [-0.2, 0) is 10.0 Å². The van der Waals surface area contributed by atoms with Crippen molar-refractivity contribution in [2.45, 2.75) is 4.90 Å². The van der Waals surface area contributed by atoms with Gasteiger partial charge in [-0.15, -0.1) is 0 Å². The first-order valence-corrected chi connectivity index (χ1v) is 7.83. The van der Waals surface area contributed by atoms with Crippen molar-refractivity contribution in [1.82, 2.24) is 0 Å². The van der Waals surface area contributed by atoms with Gasteiger partial charge in [0.05, 0.1) is 21.6 Å². The highest BCUT2D eigenvalue weighted by Gasteiger charge is 2.16. The number of carbonyl (C=O) groups is 1. The Hall–Kier alpha value is -1.76. The monoisotopic (exact) mass is 344 g/mol. The van der Waals surface area contributed by atoms with E-state index in [1.165, 1.54) is 18.2 Å². The Bertz CT molecular complexity index is 788. The molecule has 0 fully saturated rings. The second kappa shape index (κ2) is 5.93. The zero-order chi connectivity index (χ0) is 15.6. The van der Waals surface area contributed by atoms with E-state index in [1.54, 1.807) is 0 Å². The van der Waals surface area contributed by atoms with E-state index in [0.29, 0.717) is 5.02 Å². The van der Waals surface area contributed by atoms with Crippen molar-refractivity contribution in [3.05, 3.63) is 58.1 Å². The largest absolute Gasteiger partial charge is 0.545 e. The molecule has 0 aliphatic heterocycles. The topological polar surface area (TPSA) is 86.3 Å². The van der Waals surface area contributed by atoms with Crippen molar-refractivity contribution in [1.29, 1.82) is 0 Å². The number of rotatable bonds is 4. The number of hydrogen-bond acceptors (Lipinski definition) is 4. The molecule has 2 rings (SSSR count). The smallest absolute Gasteiger partial charge is 0.261 e. The maximum atomic E-state index is 12.2. The van der Waals surface area contributed by atoms with Crippen LogP contribution in [0, 0.1) is 0 Å². The highest BCUT2D eigenvalue weighted by Crippen LogP contribution is 2.27. The van der Waals surface area contributed by atoms with Gasteiger partial charge in [0.2, 0.25) is 0 Å². The maximum Gasteiger partial charge on any atom is 0.261 e. The number of nitrogens with one attached hydrogen (secondary N) is 1. The molecule has 0 saturated heterocycles. The Kier molecular flexibility index (Phi) is 4.41. The Labute approximate surface area is 131 Å². The molecule has 0 heterocycles. The number of benzene rings is 2. The quantitative estimate of drug-likeness (QED) is 0.920. The minimum absolute atomic E-state index is 0.108. The van der Waals surface area contributed by atoms with Crippen molar-refractivity contribution < 1.29 is 18.3 Å². The lowest BCUT2D eigenvalue weighted by Gasteiger charge is -2.10. The predicted molar refractivity (Wildman–Crippen MR) is 78.0 cm³/mol. The molecule has 5 nitrogen and oxygen atoms in total. The number of hydrogen-bond donors (Lipinski definition) is 1. The second-order valence-electron chi connectivity index (χ2n) is 4.04. The number of halogens is 2. The fourth-order valence-electron chi connectivity index (χ4n) is 1.55. The van der Waals surface area contributed by atoms with Gasteiger partial charge in [0, 0.05) is 5.02 Å². The van der Waals surface area contributed by atoms with Crippen molar-refractivity contribution in [3.63, 3.8) is 0 Å². The first-order valence-electron chi connectivity index (χ1n) is 5.59. The van der Waals surface area contributed by atoms with Crippen LogP contribution in [0.5, 0.6) is 0 Å².